The minimum atomic E-state index is -1.80. The molecule has 16 atom stereocenters. The standard InChI is InChI=1S/C67H116N18O13/c1-13-37(7)51(82-59(91)46(74-12)33-42-24-18-17-19-25-42)62(94)78-45(28-23-31-76-67(72)73)57(89)77-44(27-20-21-29-50(68)69)58(90)81-53(39(9)15-3)64(96)83-52(38(8)14-2)63(95)80-48(35-86)61(93)85-55-41(11)98-65(97)54(40(10)16-4)84-60(92)47(32-36(5)6)79-56(88)43(34-49(55)87)26-22-30-75-66(70)71/h17-19,24-25,36-41,43-48,51-55,74,86H,13-16,20-23,26-35H2,1-12H3,(H3,68,69)(H,77,89)(H,78,94)(H,79,88)(H,80,95)(H,81,90)(H,82,91)(H,83,96)(H,84,92)(H,85,93)(H4,70,71,75)(H4,72,73,76)/t37-,38-,39+,40-,41-,43+,44+,45-,46+,47-,48-,51-,52-,53+,54-,55+/m0/s1. The van der Waals surface area contributed by atoms with Crippen LogP contribution in [0.15, 0.2) is 40.3 Å². The number of nitrogens with one attached hydrogen (secondary N) is 11. The van der Waals surface area contributed by atoms with Gasteiger partial charge in [-0.05, 0) is 100 Å². The van der Waals surface area contributed by atoms with Crippen LogP contribution in [0.3, 0.4) is 0 Å². The lowest BCUT2D eigenvalue weighted by Crippen LogP contribution is -2.62. The van der Waals surface area contributed by atoms with E-state index in [0.717, 1.165) is 5.56 Å². The monoisotopic (exact) mass is 1380 g/mol. The first-order valence-electron chi connectivity index (χ1n) is 34.5. The Morgan fingerprint density at radius 3 is 1.58 bits per heavy atom. The number of aliphatic imine (C=N–C) groups is 2. The molecular weight excluding hydrogens is 1260 g/mol. The van der Waals surface area contributed by atoms with Gasteiger partial charge in [-0.15, -0.1) is 0 Å². The SMILES string of the molecule is CC[C@@H](C)[C@@H](NC(=O)[C@@H](CCCCC(=N)N)NC(=O)[C@H](CCCN=C(N)N)NC(=O)[C@@H](NC(=O)[C@@H](Cc1ccccc1)NC)[C@@H](C)CC)C(=O)N[C@H](C(=O)N[C@@H](CO)C(=O)N[C@H]1C(=O)C[C@@H](CCCN=C(N)N)C(=O)N[C@@H](CC(C)C)C(=O)N[C@@H]([C@@H](C)CC)C(=O)O[C@H]1C)[C@@H](C)CC. The number of ketones is 1. The summed E-state index contributed by atoms with van der Waals surface area (Å²) in [5.74, 6) is -12.6. The van der Waals surface area contributed by atoms with Gasteiger partial charge in [-0.3, -0.25) is 63.3 Å². The number of ether oxygens (including phenoxy) is 1. The van der Waals surface area contributed by atoms with Gasteiger partial charge in [-0.1, -0.05) is 132 Å². The number of benzene rings is 1. The van der Waals surface area contributed by atoms with Gasteiger partial charge in [0.25, 0.3) is 0 Å². The van der Waals surface area contributed by atoms with E-state index in [1.165, 1.54) is 6.92 Å². The number of hydrogen-bond donors (Lipinski definition) is 17. The van der Waals surface area contributed by atoms with E-state index in [-0.39, 0.29) is 94.5 Å². The number of aliphatic hydroxyl groups is 1. The molecule has 1 aliphatic heterocycles. The van der Waals surface area contributed by atoms with E-state index < -0.39 is 174 Å². The zero-order chi connectivity index (χ0) is 73.9. The Hall–Kier alpha value is -8.48. The Balaban J connectivity index is 2.59. The largest absolute Gasteiger partial charge is 0.458 e. The molecule has 9 amide bonds. The third-order valence-corrected chi connectivity index (χ3v) is 17.9. The average molecular weight is 1380 g/mol. The number of cyclic esters (lactones) is 1. The Labute approximate surface area is 577 Å². The summed E-state index contributed by atoms with van der Waals surface area (Å²) in [5.41, 5.74) is 28.8. The number of amides is 9. The van der Waals surface area contributed by atoms with E-state index in [4.69, 9.17) is 38.8 Å². The highest BCUT2D eigenvalue weighted by Crippen LogP contribution is 2.22. The summed E-state index contributed by atoms with van der Waals surface area (Å²) < 4.78 is 5.86. The predicted octanol–water partition coefficient (Wildman–Crippen LogP) is -0.473. The summed E-state index contributed by atoms with van der Waals surface area (Å²) in [5, 5.41) is 46.1. The Morgan fingerprint density at radius 2 is 1.09 bits per heavy atom. The maximum Gasteiger partial charge on any atom is 0.329 e. The van der Waals surface area contributed by atoms with Crippen LogP contribution in [0.25, 0.3) is 0 Å². The summed E-state index contributed by atoms with van der Waals surface area (Å²) in [6.45, 7) is 18.1. The van der Waals surface area contributed by atoms with E-state index in [0.29, 0.717) is 32.1 Å². The molecule has 1 fully saturated rings. The number of unbranched alkanes of at least 4 members (excludes halogenated alkanes) is 1. The van der Waals surface area contributed by atoms with Crippen molar-refractivity contribution in [3.63, 3.8) is 0 Å². The molecule has 0 bridgehead atoms. The number of amidine groups is 1. The number of nitrogens with zero attached hydrogens (tertiary/aromatic N) is 2. The molecule has 22 N–H and O–H groups in total. The maximum atomic E-state index is 14.7. The van der Waals surface area contributed by atoms with E-state index >= 15 is 0 Å². The number of Topliss-reactive ketones (excluding diaryl/α,β-unsaturated/α-hetero) is 1. The lowest BCUT2D eigenvalue weighted by atomic mass is 9.91. The van der Waals surface area contributed by atoms with Crippen molar-refractivity contribution in [3.8, 4) is 0 Å². The number of likely N-dealkylation sites (N-methyl/N-ethyl adjacent to an activating group) is 1. The molecule has 2 rings (SSSR count). The minimum Gasteiger partial charge on any atom is -0.458 e. The van der Waals surface area contributed by atoms with Gasteiger partial charge in [-0.2, -0.15) is 0 Å². The third-order valence-electron chi connectivity index (χ3n) is 17.9. The number of hydrogen-bond acceptors (Lipinski definition) is 17. The number of aliphatic hydroxyl groups excluding tert-OH is 1. The first kappa shape index (κ1) is 85.6. The molecule has 0 aromatic heterocycles. The van der Waals surface area contributed by atoms with Gasteiger partial charge < -0.3 is 91.7 Å². The normalized spacial score (nSPS) is 20.2. The molecule has 0 spiro atoms. The van der Waals surface area contributed by atoms with Gasteiger partial charge in [0.2, 0.25) is 53.2 Å². The smallest absolute Gasteiger partial charge is 0.329 e. The fraction of sp³-hybridized carbons (Fsp3) is 0.701. The van der Waals surface area contributed by atoms with E-state index in [1.54, 1.807) is 55.5 Å². The van der Waals surface area contributed by atoms with Crippen LogP contribution in [0.5, 0.6) is 0 Å². The van der Waals surface area contributed by atoms with Crippen molar-refractivity contribution >= 4 is 82.7 Å². The number of nitrogens with two attached hydrogens (primary N) is 5. The Morgan fingerprint density at radius 1 is 0.612 bits per heavy atom. The van der Waals surface area contributed by atoms with E-state index in [2.05, 4.69) is 63.2 Å². The van der Waals surface area contributed by atoms with Gasteiger partial charge in [0.1, 0.15) is 60.5 Å². The highest BCUT2D eigenvalue weighted by Gasteiger charge is 2.42. The highest BCUT2D eigenvalue weighted by atomic mass is 16.5. The zero-order valence-electron chi connectivity index (χ0n) is 59.6. The molecule has 0 aliphatic carbocycles. The quantitative estimate of drug-likeness (QED) is 0.0170. The predicted molar refractivity (Wildman–Crippen MR) is 374 cm³/mol. The molecule has 1 aromatic rings. The molecule has 552 valence electrons. The van der Waals surface area contributed by atoms with Crippen LogP contribution in [0.4, 0.5) is 0 Å². The first-order chi connectivity index (χ1) is 46.3. The fourth-order valence-corrected chi connectivity index (χ4v) is 10.9. The molecule has 1 aliphatic rings. The van der Waals surface area contributed by atoms with Crippen LogP contribution >= 0.6 is 0 Å². The van der Waals surface area contributed by atoms with Crippen molar-refractivity contribution in [2.24, 2.45) is 74.2 Å². The second kappa shape index (κ2) is 44.4. The van der Waals surface area contributed by atoms with Crippen LogP contribution in [-0.4, -0.2) is 181 Å². The van der Waals surface area contributed by atoms with Crippen molar-refractivity contribution in [1.82, 2.24) is 53.2 Å². The van der Waals surface area contributed by atoms with Gasteiger partial charge in [0.05, 0.1) is 18.5 Å². The first-order valence-corrected chi connectivity index (χ1v) is 34.5. The lowest BCUT2D eigenvalue weighted by Gasteiger charge is -2.32. The van der Waals surface area contributed by atoms with Crippen molar-refractivity contribution < 1.29 is 62.6 Å². The van der Waals surface area contributed by atoms with Crippen LogP contribution < -0.4 is 81.8 Å². The molecule has 0 unspecified atom stereocenters. The number of carbonyl (C=O) groups excluding carboxylic acids is 11. The number of carbonyl (C=O) groups is 11. The maximum absolute atomic E-state index is 14.7. The molecule has 98 heavy (non-hydrogen) atoms. The van der Waals surface area contributed by atoms with Crippen molar-refractivity contribution in [1.29, 1.82) is 5.41 Å². The molecule has 0 radical (unpaired) electrons. The molecule has 1 saturated heterocycles. The average Bonchev–Trinajstić information content (AvgIpc) is 1.38. The molecule has 1 heterocycles. The van der Waals surface area contributed by atoms with E-state index in [1.807, 2.05) is 51.1 Å². The zero-order valence-corrected chi connectivity index (χ0v) is 59.6. The molecule has 31 nitrogen and oxygen atoms in total. The summed E-state index contributed by atoms with van der Waals surface area (Å²) in [7, 11) is 1.63. The summed E-state index contributed by atoms with van der Waals surface area (Å²) in [6, 6.07) is -3.86. The van der Waals surface area contributed by atoms with Crippen molar-refractivity contribution in [2.75, 3.05) is 26.7 Å². The van der Waals surface area contributed by atoms with Crippen molar-refractivity contribution in [3.05, 3.63) is 35.9 Å². The summed E-state index contributed by atoms with van der Waals surface area (Å²) in [6.07, 6.45) is 1.07. The Kier molecular flexibility index (Phi) is 38.8. The number of rotatable bonds is 41. The molecule has 0 saturated carbocycles. The van der Waals surface area contributed by atoms with Gasteiger partial charge in [0.15, 0.2) is 17.7 Å². The second-order valence-corrected chi connectivity index (χ2v) is 26.2. The van der Waals surface area contributed by atoms with E-state index in [9.17, 15) is 57.8 Å². The molecular formula is C67H116N18O13. The van der Waals surface area contributed by atoms with Gasteiger partial charge >= 0.3 is 5.97 Å². The molecule has 1 aromatic carbocycles. The highest BCUT2D eigenvalue weighted by molar-refractivity contribution is 6.00. The van der Waals surface area contributed by atoms with Crippen LogP contribution in [0, 0.1) is 40.9 Å². The second-order valence-electron chi connectivity index (χ2n) is 26.2. The number of guanidine groups is 2. The minimum absolute atomic E-state index is 0.0326. The van der Waals surface area contributed by atoms with Crippen LogP contribution in [0.2, 0.25) is 0 Å². The van der Waals surface area contributed by atoms with Crippen LogP contribution in [0.1, 0.15) is 172 Å². The van der Waals surface area contributed by atoms with Gasteiger partial charge in [0, 0.05) is 31.8 Å². The molecule has 31 heteroatoms. The summed E-state index contributed by atoms with van der Waals surface area (Å²) >= 11 is 0. The number of esters is 1. The van der Waals surface area contributed by atoms with Crippen LogP contribution in [-0.2, 0) is 63.9 Å². The lowest BCUT2D eigenvalue weighted by molar-refractivity contribution is -0.157. The summed E-state index contributed by atoms with van der Waals surface area (Å²) in [4.78, 5) is 166. The van der Waals surface area contributed by atoms with Gasteiger partial charge in [-0.25, -0.2) is 4.79 Å². The fourth-order valence-electron chi connectivity index (χ4n) is 10.9. The Bertz CT molecular complexity index is 2840. The third kappa shape index (κ3) is 29.7. The van der Waals surface area contributed by atoms with Crippen molar-refractivity contribution in [2.45, 2.75) is 239 Å². The topological polar surface area (TPSA) is 516 Å².